The largest absolute Gasteiger partial charge is 0.327 e. The fraction of sp³-hybridized carbons (Fsp3) is 0.591. The van der Waals surface area contributed by atoms with Crippen molar-refractivity contribution < 1.29 is 14.4 Å². The van der Waals surface area contributed by atoms with Gasteiger partial charge in [-0.2, -0.15) is 0 Å². The van der Waals surface area contributed by atoms with Gasteiger partial charge in [-0.3, -0.25) is 14.4 Å². The number of nitrogens with zero attached hydrogens (tertiary/aromatic N) is 2. The topological polar surface area (TPSA) is 57.7 Å². The number of imide groups is 1. The molecule has 5 heteroatoms. The predicted molar refractivity (Wildman–Crippen MR) is 105 cm³/mol. The molecule has 3 amide bonds. The summed E-state index contributed by atoms with van der Waals surface area (Å²) in [6.07, 6.45) is 4.43. The summed E-state index contributed by atoms with van der Waals surface area (Å²) in [5.74, 6) is -0.496. The fourth-order valence-electron chi connectivity index (χ4n) is 4.16. The van der Waals surface area contributed by atoms with Gasteiger partial charge in [-0.05, 0) is 37.3 Å². The van der Waals surface area contributed by atoms with Gasteiger partial charge in [0.05, 0.1) is 12.1 Å². The second-order valence-corrected chi connectivity index (χ2v) is 9.10. The molecule has 1 unspecified atom stereocenters. The van der Waals surface area contributed by atoms with E-state index in [1.54, 1.807) is 17.0 Å². The van der Waals surface area contributed by atoms with E-state index >= 15 is 0 Å². The minimum atomic E-state index is -0.670. The lowest BCUT2D eigenvalue weighted by Crippen LogP contribution is -2.50. The Bertz CT molecular complexity index is 727. The van der Waals surface area contributed by atoms with Crippen LogP contribution in [0.1, 0.15) is 64.9 Å². The molecule has 1 aliphatic carbocycles. The van der Waals surface area contributed by atoms with E-state index in [0.717, 1.165) is 31.2 Å². The smallest absolute Gasteiger partial charge is 0.257 e. The molecule has 1 aromatic carbocycles. The monoisotopic (exact) mass is 370 g/mol. The van der Waals surface area contributed by atoms with Gasteiger partial charge in [0.25, 0.3) is 5.91 Å². The lowest BCUT2D eigenvalue weighted by molar-refractivity contribution is -0.142. The minimum absolute atomic E-state index is 0.00805. The van der Waals surface area contributed by atoms with Gasteiger partial charge >= 0.3 is 0 Å². The minimum Gasteiger partial charge on any atom is -0.327 e. The molecule has 2 aliphatic rings. The van der Waals surface area contributed by atoms with Gasteiger partial charge < -0.3 is 4.90 Å². The Balaban J connectivity index is 1.88. The van der Waals surface area contributed by atoms with Crippen LogP contribution in [0.15, 0.2) is 24.3 Å². The predicted octanol–water partition coefficient (Wildman–Crippen LogP) is 3.83. The van der Waals surface area contributed by atoms with Gasteiger partial charge in [0.2, 0.25) is 11.8 Å². The van der Waals surface area contributed by atoms with Crippen molar-refractivity contribution in [3.8, 4) is 0 Å². The first kappa shape index (κ1) is 19.6. The number of carbonyl (C=O) groups excluding carboxylic acids is 3. The molecule has 0 spiro atoms. The fourth-order valence-corrected chi connectivity index (χ4v) is 4.16. The van der Waals surface area contributed by atoms with E-state index in [-0.39, 0.29) is 35.6 Å². The van der Waals surface area contributed by atoms with Gasteiger partial charge in [-0.1, -0.05) is 51.3 Å². The molecule has 1 aliphatic heterocycles. The van der Waals surface area contributed by atoms with Crippen molar-refractivity contribution in [3.05, 3.63) is 29.8 Å². The van der Waals surface area contributed by atoms with Crippen LogP contribution in [0.4, 0.5) is 5.69 Å². The zero-order chi connectivity index (χ0) is 19.8. The van der Waals surface area contributed by atoms with Gasteiger partial charge in [-0.15, -0.1) is 0 Å². The average Bonchev–Trinajstić information content (AvgIpc) is 3.17. The average molecular weight is 370 g/mol. The van der Waals surface area contributed by atoms with Gasteiger partial charge in [0.1, 0.15) is 6.04 Å². The first-order valence-electron chi connectivity index (χ1n) is 9.92. The highest BCUT2D eigenvalue weighted by atomic mass is 16.2. The van der Waals surface area contributed by atoms with Gasteiger partial charge in [0.15, 0.2) is 0 Å². The molecule has 2 fully saturated rings. The normalized spacial score (nSPS) is 21.2. The highest BCUT2D eigenvalue weighted by Gasteiger charge is 2.47. The molecule has 0 bridgehead atoms. The number of aryl methyl sites for hydroxylation is 1. The molecule has 1 aromatic rings. The van der Waals surface area contributed by atoms with E-state index in [9.17, 15) is 14.4 Å². The Morgan fingerprint density at radius 2 is 1.70 bits per heavy atom. The molecule has 1 heterocycles. The van der Waals surface area contributed by atoms with E-state index in [4.69, 9.17) is 0 Å². The highest BCUT2D eigenvalue weighted by molar-refractivity contribution is 6.23. The zero-order valence-electron chi connectivity index (χ0n) is 16.8. The van der Waals surface area contributed by atoms with Crippen LogP contribution in [0, 0.1) is 12.3 Å². The van der Waals surface area contributed by atoms with Crippen LogP contribution in [0.2, 0.25) is 0 Å². The van der Waals surface area contributed by atoms with Crippen molar-refractivity contribution in [1.29, 1.82) is 0 Å². The quantitative estimate of drug-likeness (QED) is 0.757. The molecule has 5 nitrogen and oxygen atoms in total. The summed E-state index contributed by atoms with van der Waals surface area (Å²) in [5, 5.41) is 0. The van der Waals surface area contributed by atoms with Crippen molar-refractivity contribution in [2.45, 2.75) is 78.3 Å². The maximum Gasteiger partial charge on any atom is 0.257 e. The van der Waals surface area contributed by atoms with E-state index in [2.05, 4.69) is 0 Å². The van der Waals surface area contributed by atoms with E-state index in [0.29, 0.717) is 12.1 Å². The summed E-state index contributed by atoms with van der Waals surface area (Å²) >= 11 is 0. The second kappa shape index (κ2) is 7.45. The van der Waals surface area contributed by atoms with Gasteiger partial charge in [-0.25, -0.2) is 4.90 Å². The maximum absolute atomic E-state index is 13.2. The molecule has 1 saturated carbocycles. The number of hydrogen-bond acceptors (Lipinski definition) is 3. The van der Waals surface area contributed by atoms with Crippen LogP contribution >= 0.6 is 0 Å². The van der Waals surface area contributed by atoms with Crippen molar-refractivity contribution in [1.82, 2.24) is 4.90 Å². The molecular formula is C22H30N2O3. The Morgan fingerprint density at radius 1 is 1.11 bits per heavy atom. The molecule has 0 aromatic heterocycles. The number of rotatable bonds is 4. The van der Waals surface area contributed by atoms with E-state index in [1.165, 1.54) is 4.90 Å². The molecule has 146 valence electrons. The van der Waals surface area contributed by atoms with Crippen LogP contribution in [0.3, 0.4) is 0 Å². The van der Waals surface area contributed by atoms with Crippen LogP contribution in [0.25, 0.3) is 0 Å². The summed E-state index contributed by atoms with van der Waals surface area (Å²) in [6, 6.07) is 6.77. The summed E-state index contributed by atoms with van der Waals surface area (Å²) in [7, 11) is 0. The van der Waals surface area contributed by atoms with Gasteiger partial charge in [0, 0.05) is 12.5 Å². The lowest BCUT2D eigenvalue weighted by Gasteiger charge is -2.35. The summed E-state index contributed by atoms with van der Waals surface area (Å²) < 4.78 is 0. The van der Waals surface area contributed by atoms with Crippen LogP contribution < -0.4 is 4.90 Å². The van der Waals surface area contributed by atoms with E-state index < -0.39 is 6.04 Å². The summed E-state index contributed by atoms with van der Waals surface area (Å²) in [5.41, 5.74) is 1.51. The number of amides is 3. The Morgan fingerprint density at radius 3 is 2.26 bits per heavy atom. The maximum atomic E-state index is 13.2. The highest BCUT2D eigenvalue weighted by Crippen LogP contribution is 2.33. The van der Waals surface area contributed by atoms with Crippen molar-refractivity contribution >= 4 is 23.4 Å². The molecule has 27 heavy (non-hydrogen) atoms. The number of hydrogen-bond donors (Lipinski definition) is 0. The SMILES string of the molecule is Cc1ccc(N2C(=O)CC(N(C(=O)CC(C)(C)C)C3CCCC3)C2=O)cc1. The summed E-state index contributed by atoms with van der Waals surface area (Å²) in [6.45, 7) is 8.04. The van der Waals surface area contributed by atoms with E-state index in [1.807, 2.05) is 39.8 Å². The third-order valence-corrected chi connectivity index (χ3v) is 5.44. The number of anilines is 1. The van der Waals surface area contributed by atoms with Crippen molar-refractivity contribution in [3.63, 3.8) is 0 Å². The molecule has 3 rings (SSSR count). The zero-order valence-corrected chi connectivity index (χ0v) is 16.8. The summed E-state index contributed by atoms with van der Waals surface area (Å²) in [4.78, 5) is 42.0. The Hall–Kier alpha value is -2.17. The lowest BCUT2D eigenvalue weighted by atomic mass is 9.90. The molecule has 1 saturated heterocycles. The molecule has 0 radical (unpaired) electrons. The third kappa shape index (κ3) is 4.23. The van der Waals surface area contributed by atoms with Crippen molar-refractivity contribution in [2.24, 2.45) is 5.41 Å². The van der Waals surface area contributed by atoms with Crippen LogP contribution in [0.5, 0.6) is 0 Å². The van der Waals surface area contributed by atoms with Crippen LogP contribution in [-0.2, 0) is 14.4 Å². The molecular weight excluding hydrogens is 340 g/mol. The van der Waals surface area contributed by atoms with Crippen molar-refractivity contribution in [2.75, 3.05) is 4.90 Å². The first-order chi connectivity index (χ1) is 12.7. The third-order valence-electron chi connectivity index (χ3n) is 5.44. The second-order valence-electron chi connectivity index (χ2n) is 9.10. The Kier molecular flexibility index (Phi) is 5.41. The number of carbonyl (C=O) groups is 3. The van der Waals surface area contributed by atoms with Crippen LogP contribution in [-0.4, -0.2) is 34.7 Å². The number of benzene rings is 1. The molecule has 0 N–H and O–H groups in total. The first-order valence-corrected chi connectivity index (χ1v) is 9.92. The standard InChI is InChI=1S/C22H30N2O3/c1-15-9-11-17(12-10-15)24-19(25)13-18(21(24)27)23(16-7-5-6-8-16)20(26)14-22(2,3)4/h9-12,16,18H,5-8,13-14H2,1-4H3. The Labute approximate surface area is 161 Å². The molecule has 1 atom stereocenters.